The van der Waals surface area contributed by atoms with E-state index < -0.39 is 10.0 Å². The molecule has 0 aliphatic heterocycles. The Morgan fingerprint density at radius 1 is 1.12 bits per heavy atom. The molecule has 0 aromatic carbocycles. The molecule has 0 saturated heterocycles. The molecule has 0 rings (SSSR count). The summed E-state index contributed by atoms with van der Waals surface area (Å²) >= 11 is 0. The van der Waals surface area contributed by atoms with E-state index in [9.17, 15) is 13.2 Å². The van der Waals surface area contributed by atoms with Crippen LogP contribution in [0.15, 0.2) is 0 Å². The number of unbranched alkanes of at least 4 members (excludes halogenated alkanes) is 5. The SMILES string of the molecule is CCCCCCCCC(=O)NCCS(N)(=O)=O. The van der Waals surface area contributed by atoms with Crippen LogP contribution in [-0.2, 0) is 14.8 Å². The van der Waals surface area contributed by atoms with Gasteiger partial charge in [0.15, 0.2) is 0 Å². The zero-order valence-corrected chi connectivity index (χ0v) is 11.4. The summed E-state index contributed by atoms with van der Waals surface area (Å²) in [6.07, 6.45) is 7.25. The Kier molecular flexibility index (Phi) is 9.07. The normalized spacial score (nSPS) is 11.4. The van der Waals surface area contributed by atoms with Gasteiger partial charge in [-0.3, -0.25) is 4.79 Å². The molecule has 1 amide bonds. The van der Waals surface area contributed by atoms with Crippen molar-refractivity contribution in [3.05, 3.63) is 0 Å². The molecule has 0 unspecified atom stereocenters. The first-order valence-corrected chi connectivity index (χ1v) is 7.94. The van der Waals surface area contributed by atoms with E-state index in [0.29, 0.717) is 6.42 Å². The van der Waals surface area contributed by atoms with Crippen molar-refractivity contribution in [1.82, 2.24) is 5.32 Å². The summed E-state index contributed by atoms with van der Waals surface area (Å²) in [7, 11) is -3.47. The van der Waals surface area contributed by atoms with Crippen LogP contribution in [0.5, 0.6) is 0 Å². The highest BCUT2D eigenvalue weighted by molar-refractivity contribution is 7.89. The van der Waals surface area contributed by atoms with E-state index >= 15 is 0 Å². The minimum absolute atomic E-state index is 0.0934. The maximum Gasteiger partial charge on any atom is 0.220 e. The number of hydrogen-bond acceptors (Lipinski definition) is 3. The first kappa shape index (κ1) is 16.4. The van der Waals surface area contributed by atoms with Crippen molar-refractivity contribution in [3.63, 3.8) is 0 Å². The summed E-state index contributed by atoms with van der Waals surface area (Å²) in [5, 5.41) is 7.35. The number of primary sulfonamides is 1. The number of hydrogen-bond donors (Lipinski definition) is 2. The lowest BCUT2D eigenvalue weighted by Gasteiger charge is -2.04. The molecule has 0 saturated carbocycles. The van der Waals surface area contributed by atoms with Gasteiger partial charge in [0.25, 0.3) is 0 Å². The second-order valence-electron chi connectivity index (χ2n) is 4.23. The number of amides is 1. The van der Waals surface area contributed by atoms with Gasteiger partial charge in [-0.2, -0.15) is 0 Å². The summed E-state index contributed by atoms with van der Waals surface area (Å²) < 4.78 is 21.2. The summed E-state index contributed by atoms with van der Waals surface area (Å²) in [4.78, 5) is 11.3. The third-order valence-electron chi connectivity index (χ3n) is 2.47. The predicted molar refractivity (Wildman–Crippen MR) is 69.0 cm³/mol. The summed E-state index contributed by atoms with van der Waals surface area (Å²) in [6, 6.07) is 0. The minimum Gasteiger partial charge on any atom is -0.355 e. The number of rotatable bonds is 10. The third-order valence-corrected chi connectivity index (χ3v) is 3.24. The molecular formula is C11H24N2O3S. The van der Waals surface area contributed by atoms with Crippen LogP contribution in [0, 0.1) is 0 Å². The van der Waals surface area contributed by atoms with Crippen LogP contribution in [0.3, 0.4) is 0 Å². The Labute approximate surface area is 104 Å². The van der Waals surface area contributed by atoms with Crippen LogP contribution >= 0.6 is 0 Å². The Hall–Kier alpha value is -0.620. The quantitative estimate of drug-likeness (QED) is 0.580. The molecular weight excluding hydrogens is 240 g/mol. The molecule has 0 spiro atoms. The maximum absolute atomic E-state index is 11.3. The van der Waals surface area contributed by atoms with Gasteiger partial charge < -0.3 is 5.32 Å². The Morgan fingerprint density at radius 3 is 2.29 bits per heavy atom. The number of nitrogens with two attached hydrogens (primary N) is 1. The Morgan fingerprint density at radius 2 is 1.71 bits per heavy atom. The van der Waals surface area contributed by atoms with Gasteiger partial charge >= 0.3 is 0 Å². The summed E-state index contributed by atoms with van der Waals surface area (Å²) in [6.45, 7) is 2.27. The van der Waals surface area contributed by atoms with Gasteiger partial charge in [0.05, 0.1) is 5.75 Å². The Balaban J connectivity index is 3.35. The van der Waals surface area contributed by atoms with Crippen LogP contribution in [0.25, 0.3) is 0 Å². The molecule has 0 aliphatic rings. The molecule has 0 aromatic rings. The summed E-state index contributed by atoms with van der Waals surface area (Å²) in [5.74, 6) is -0.293. The van der Waals surface area contributed by atoms with Crippen LogP contribution in [0.4, 0.5) is 0 Å². The molecule has 0 aliphatic carbocycles. The van der Waals surface area contributed by atoms with Crippen molar-refractivity contribution in [2.24, 2.45) is 5.14 Å². The first-order valence-electron chi connectivity index (χ1n) is 6.23. The minimum atomic E-state index is -3.47. The van der Waals surface area contributed by atoms with Crippen LogP contribution < -0.4 is 10.5 Å². The number of nitrogens with one attached hydrogen (secondary N) is 1. The Bertz CT molecular complexity index is 302. The molecule has 6 heteroatoms. The van der Waals surface area contributed by atoms with Gasteiger partial charge in [-0.25, -0.2) is 13.6 Å². The zero-order valence-electron chi connectivity index (χ0n) is 10.6. The van der Waals surface area contributed by atoms with Crippen molar-refractivity contribution in [1.29, 1.82) is 0 Å². The lowest BCUT2D eigenvalue weighted by Crippen LogP contribution is -2.31. The molecule has 0 atom stereocenters. The highest BCUT2D eigenvalue weighted by Gasteiger charge is 2.04. The van der Waals surface area contributed by atoms with Crippen LogP contribution in [0.2, 0.25) is 0 Å². The van der Waals surface area contributed by atoms with E-state index in [4.69, 9.17) is 5.14 Å². The lowest BCUT2D eigenvalue weighted by molar-refractivity contribution is -0.121. The topological polar surface area (TPSA) is 89.3 Å². The fraction of sp³-hybridized carbons (Fsp3) is 0.909. The van der Waals surface area contributed by atoms with E-state index in [-0.39, 0.29) is 18.2 Å². The first-order chi connectivity index (χ1) is 7.95. The van der Waals surface area contributed by atoms with E-state index in [2.05, 4.69) is 12.2 Å². The fourth-order valence-electron chi connectivity index (χ4n) is 1.49. The standard InChI is InChI=1S/C11H24N2O3S/c1-2-3-4-5-6-7-8-11(14)13-9-10-17(12,15)16/h2-10H2,1H3,(H,13,14)(H2,12,15,16). The van der Waals surface area contributed by atoms with Crippen molar-refractivity contribution >= 4 is 15.9 Å². The van der Waals surface area contributed by atoms with Crippen molar-refractivity contribution in [2.45, 2.75) is 51.9 Å². The second-order valence-corrected chi connectivity index (χ2v) is 5.97. The number of carbonyl (C=O) groups is 1. The molecule has 3 N–H and O–H groups in total. The maximum atomic E-state index is 11.3. The van der Waals surface area contributed by atoms with Gasteiger partial charge in [-0.15, -0.1) is 0 Å². The molecule has 5 nitrogen and oxygen atoms in total. The van der Waals surface area contributed by atoms with Crippen molar-refractivity contribution < 1.29 is 13.2 Å². The molecule has 0 fully saturated rings. The van der Waals surface area contributed by atoms with Gasteiger partial charge in [0.1, 0.15) is 0 Å². The van der Waals surface area contributed by atoms with Gasteiger partial charge in [-0.05, 0) is 6.42 Å². The van der Waals surface area contributed by atoms with Crippen molar-refractivity contribution in [2.75, 3.05) is 12.3 Å². The average molecular weight is 264 g/mol. The molecule has 0 aromatic heterocycles. The highest BCUT2D eigenvalue weighted by atomic mass is 32.2. The smallest absolute Gasteiger partial charge is 0.220 e. The molecule has 102 valence electrons. The largest absolute Gasteiger partial charge is 0.355 e. The van der Waals surface area contributed by atoms with E-state index in [1.807, 2.05) is 0 Å². The van der Waals surface area contributed by atoms with E-state index in [1.165, 1.54) is 19.3 Å². The predicted octanol–water partition coefficient (Wildman–Crippen LogP) is 1.14. The molecule has 0 heterocycles. The van der Waals surface area contributed by atoms with Gasteiger partial charge in [0.2, 0.25) is 15.9 Å². The van der Waals surface area contributed by atoms with E-state index in [1.54, 1.807) is 0 Å². The lowest BCUT2D eigenvalue weighted by atomic mass is 10.1. The van der Waals surface area contributed by atoms with Gasteiger partial charge in [0, 0.05) is 13.0 Å². The summed E-state index contributed by atoms with van der Waals surface area (Å²) in [5.41, 5.74) is 0. The highest BCUT2D eigenvalue weighted by Crippen LogP contribution is 2.06. The van der Waals surface area contributed by atoms with Crippen LogP contribution in [0.1, 0.15) is 51.9 Å². The van der Waals surface area contributed by atoms with Crippen molar-refractivity contribution in [3.8, 4) is 0 Å². The molecule has 0 bridgehead atoms. The number of sulfonamides is 1. The number of carbonyl (C=O) groups excluding carboxylic acids is 1. The third kappa shape index (κ3) is 13.3. The average Bonchev–Trinajstić information content (AvgIpc) is 2.21. The molecule has 0 radical (unpaired) electrons. The van der Waals surface area contributed by atoms with Crippen LogP contribution in [-0.4, -0.2) is 26.6 Å². The monoisotopic (exact) mass is 264 g/mol. The molecule has 17 heavy (non-hydrogen) atoms. The van der Waals surface area contributed by atoms with E-state index in [0.717, 1.165) is 19.3 Å². The van der Waals surface area contributed by atoms with Gasteiger partial charge in [-0.1, -0.05) is 39.0 Å². The fourth-order valence-corrected chi connectivity index (χ4v) is 1.87. The zero-order chi connectivity index (χ0) is 13.1. The second kappa shape index (κ2) is 9.41.